The second-order valence-corrected chi connectivity index (χ2v) is 7.84. The Kier molecular flexibility index (Phi) is 6.25. The minimum atomic E-state index is -0.560. The van der Waals surface area contributed by atoms with Crippen molar-refractivity contribution in [2.75, 3.05) is 54.0 Å². The zero-order valence-corrected chi connectivity index (χ0v) is 17.8. The molecule has 2 aromatic rings. The number of nitrogens with zero attached hydrogens (tertiary/aromatic N) is 3. The van der Waals surface area contributed by atoms with Crippen molar-refractivity contribution in [3.8, 4) is 0 Å². The molecule has 2 saturated heterocycles. The number of ether oxygens (including phenoxy) is 1. The monoisotopic (exact) mass is 440 g/mol. The van der Waals surface area contributed by atoms with E-state index in [-0.39, 0.29) is 19.0 Å². The molecule has 2 fully saturated rings. The van der Waals surface area contributed by atoms with E-state index in [1.54, 1.807) is 18.2 Å². The molecule has 8 nitrogen and oxygen atoms in total. The molecule has 1 atom stereocenters. The molecular formula is C23H25FN4O4. The number of amides is 2. The third-order valence-electron chi connectivity index (χ3n) is 5.72. The van der Waals surface area contributed by atoms with Gasteiger partial charge in [-0.2, -0.15) is 0 Å². The molecule has 0 aromatic heterocycles. The van der Waals surface area contributed by atoms with E-state index >= 15 is 0 Å². The Morgan fingerprint density at radius 2 is 1.81 bits per heavy atom. The van der Waals surface area contributed by atoms with E-state index in [1.165, 1.54) is 17.9 Å². The van der Waals surface area contributed by atoms with Gasteiger partial charge in [-0.05, 0) is 30.3 Å². The highest BCUT2D eigenvalue weighted by Crippen LogP contribution is 2.29. The number of carbonyl (C=O) groups excluding carboxylic acids is 3. The molecule has 4 rings (SSSR count). The van der Waals surface area contributed by atoms with Crippen LogP contribution in [-0.4, -0.2) is 63.7 Å². The van der Waals surface area contributed by atoms with E-state index < -0.39 is 18.0 Å². The van der Waals surface area contributed by atoms with Crippen LogP contribution in [0.4, 0.5) is 26.2 Å². The topological polar surface area (TPSA) is 82.2 Å². The fraction of sp³-hybridized carbons (Fsp3) is 0.348. The molecule has 2 heterocycles. The third-order valence-corrected chi connectivity index (χ3v) is 5.72. The quantitative estimate of drug-likeness (QED) is 0.695. The maximum atomic E-state index is 15.0. The van der Waals surface area contributed by atoms with Gasteiger partial charge in [0.15, 0.2) is 6.29 Å². The lowest BCUT2D eigenvalue weighted by Crippen LogP contribution is -2.47. The Bertz CT molecular complexity index is 1020. The predicted molar refractivity (Wildman–Crippen MR) is 119 cm³/mol. The Labute approximate surface area is 185 Å². The molecular weight excluding hydrogens is 415 g/mol. The van der Waals surface area contributed by atoms with Crippen molar-refractivity contribution in [3.05, 3.63) is 53.8 Å². The van der Waals surface area contributed by atoms with Gasteiger partial charge >= 0.3 is 6.09 Å². The molecule has 0 saturated carbocycles. The van der Waals surface area contributed by atoms with Crippen LogP contribution >= 0.6 is 0 Å². The average molecular weight is 440 g/mol. The molecule has 0 unspecified atom stereocenters. The summed E-state index contributed by atoms with van der Waals surface area (Å²) in [5.74, 6) is -0.619. The Morgan fingerprint density at radius 3 is 2.47 bits per heavy atom. The summed E-state index contributed by atoms with van der Waals surface area (Å²) in [5.41, 5.74) is 2.42. The minimum Gasteiger partial charge on any atom is -0.442 e. The van der Waals surface area contributed by atoms with Gasteiger partial charge in [-0.25, -0.2) is 9.18 Å². The van der Waals surface area contributed by atoms with Gasteiger partial charge in [0, 0.05) is 44.4 Å². The van der Waals surface area contributed by atoms with Crippen LogP contribution in [0.25, 0.3) is 0 Å². The van der Waals surface area contributed by atoms with Gasteiger partial charge in [-0.15, -0.1) is 0 Å². The molecule has 2 amide bonds. The molecule has 0 aliphatic carbocycles. The largest absolute Gasteiger partial charge is 0.442 e. The van der Waals surface area contributed by atoms with E-state index in [9.17, 15) is 18.8 Å². The summed E-state index contributed by atoms with van der Waals surface area (Å²) in [6.45, 7) is 4.39. The fourth-order valence-electron chi connectivity index (χ4n) is 4.08. The average Bonchev–Trinajstić information content (AvgIpc) is 3.18. The highest BCUT2D eigenvalue weighted by Gasteiger charge is 2.33. The summed E-state index contributed by atoms with van der Waals surface area (Å²) in [6, 6.07) is 12.2. The second-order valence-electron chi connectivity index (χ2n) is 7.84. The van der Waals surface area contributed by atoms with Crippen LogP contribution in [0, 0.1) is 5.82 Å². The number of hydrogen-bond acceptors (Lipinski definition) is 6. The van der Waals surface area contributed by atoms with Crippen molar-refractivity contribution in [1.82, 2.24) is 5.32 Å². The Balaban J connectivity index is 1.40. The van der Waals surface area contributed by atoms with E-state index in [2.05, 4.69) is 10.2 Å². The normalized spacial score (nSPS) is 18.5. The predicted octanol–water partition coefficient (Wildman–Crippen LogP) is 2.43. The van der Waals surface area contributed by atoms with Gasteiger partial charge in [-0.1, -0.05) is 12.1 Å². The van der Waals surface area contributed by atoms with Crippen LogP contribution in [-0.2, 0) is 9.53 Å². The lowest BCUT2D eigenvalue weighted by Gasteiger charge is -2.38. The first kappa shape index (κ1) is 21.6. The molecule has 9 heteroatoms. The van der Waals surface area contributed by atoms with E-state index in [0.717, 1.165) is 12.0 Å². The number of anilines is 3. The number of halogens is 1. The van der Waals surface area contributed by atoms with Crippen LogP contribution in [0.1, 0.15) is 17.3 Å². The first-order valence-electron chi connectivity index (χ1n) is 10.5. The van der Waals surface area contributed by atoms with Crippen molar-refractivity contribution in [2.45, 2.75) is 13.0 Å². The zero-order valence-electron chi connectivity index (χ0n) is 17.8. The molecule has 2 aromatic carbocycles. The number of piperazine rings is 1. The molecule has 0 spiro atoms. The number of cyclic esters (lactones) is 1. The van der Waals surface area contributed by atoms with Crippen molar-refractivity contribution >= 4 is 35.3 Å². The highest BCUT2D eigenvalue weighted by atomic mass is 19.1. The standard InChI is InChI=1S/C23H25FN4O4/c1-16(30)25-13-19-14-28(23(31)32-19)18-6-7-22(20(24)12-18)27-10-8-26(9-11-27)21-5-3-2-4-17(21)15-29/h2-7,12,15,19H,8-11,13-14H2,1H3,(H,25,30)/t19-/m0/s1. The van der Waals surface area contributed by atoms with Crippen molar-refractivity contribution in [2.24, 2.45) is 0 Å². The Hall–Kier alpha value is -3.62. The van der Waals surface area contributed by atoms with Crippen molar-refractivity contribution in [1.29, 1.82) is 0 Å². The van der Waals surface area contributed by atoms with Gasteiger partial charge in [0.1, 0.15) is 11.9 Å². The molecule has 2 aliphatic heterocycles. The molecule has 1 N–H and O–H groups in total. The first-order chi connectivity index (χ1) is 15.5. The van der Waals surface area contributed by atoms with Crippen molar-refractivity contribution < 1.29 is 23.5 Å². The number of benzene rings is 2. The second kappa shape index (κ2) is 9.25. The molecule has 0 bridgehead atoms. The van der Waals surface area contributed by atoms with Gasteiger partial charge in [0.2, 0.25) is 5.91 Å². The maximum absolute atomic E-state index is 15.0. The Morgan fingerprint density at radius 1 is 1.12 bits per heavy atom. The fourth-order valence-corrected chi connectivity index (χ4v) is 4.08. The summed E-state index contributed by atoms with van der Waals surface area (Å²) in [7, 11) is 0. The molecule has 2 aliphatic rings. The number of hydrogen-bond donors (Lipinski definition) is 1. The summed E-state index contributed by atoms with van der Waals surface area (Å²) in [6.07, 6.45) is -0.184. The number of para-hydroxylation sites is 1. The van der Waals surface area contributed by atoms with Crippen LogP contribution in [0.5, 0.6) is 0 Å². The van der Waals surface area contributed by atoms with Gasteiger partial charge in [-0.3, -0.25) is 14.5 Å². The van der Waals surface area contributed by atoms with Crippen LogP contribution < -0.4 is 20.0 Å². The number of rotatable bonds is 6. The van der Waals surface area contributed by atoms with Crippen LogP contribution in [0.15, 0.2) is 42.5 Å². The highest BCUT2D eigenvalue weighted by molar-refractivity contribution is 5.90. The van der Waals surface area contributed by atoms with Crippen molar-refractivity contribution in [3.63, 3.8) is 0 Å². The van der Waals surface area contributed by atoms with E-state index in [4.69, 9.17) is 4.74 Å². The third kappa shape index (κ3) is 4.51. The first-order valence-corrected chi connectivity index (χ1v) is 10.5. The zero-order chi connectivity index (χ0) is 22.7. The number of nitrogens with one attached hydrogen (secondary N) is 1. The van der Waals surface area contributed by atoms with E-state index in [0.29, 0.717) is 43.1 Å². The molecule has 0 radical (unpaired) electrons. The summed E-state index contributed by atoms with van der Waals surface area (Å²) in [4.78, 5) is 40.0. The lowest BCUT2D eigenvalue weighted by atomic mass is 10.1. The minimum absolute atomic E-state index is 0.204. The summed E-state index contributed by atoms with van der Waals surface area (Å²) in [5, 5.41) is 2.62. The van der Waals surface area contributed by atoms with E-state index in [1.807, 2.05) is 23.1 Å². The number of aldehydes is 1. The van der Waals surface area contributed by atoms with Gasteiger partial charge in [0.25, 0.3) is 0 Å². The number of carbonyl (C=O) groups is 3. The lowest BCUT2D eigenvalue weighted by molar-refractivity contribution is -0.119. The SMILES string of the molecule is CC(=O)NC[C@H]1CN(c2ccc(N3CCN(c4ccccc4C=O)CC3)c(F)c2)C(=O)O1. The van der Waals surface area contributed by atoms with Crippen LogP contribution in [0.2, 0.25) is 0 Å². The van der Waals surface area contributed by atoms with Crippen LogP contribution in [0.3, 0.4) is 0 Å². The summed E-state index contributed by atoms with van der Waals surface area (Å²) < 4.78 is 20.2. The maximum Gasteiger partial charge on any atom is 0.414 e. The smallest absolute Gasteiger partial charge is 0.414 e. The summed E-state index contributed by atoms with van der Waals surface area (Å²) >= 11 is 0. The van der Waals surface area contributed by atoms with Gasteiger partial charge < -0.3 is 19.9 Å². The molecule has 168 valence electrons. The molecule has 32 heavy (non-hydrogen) atoms. The van der Waals surface area contributed by atoms with Gasteiger partial charge in [0.05, 0.1) is 24.5 Å².